The van der Waals surface area contributed by atoms with Crippen LogP contribution in [0.5, 0.6) is 0 Å². The first-order valence-corrected chi connectivity index (χ1v) is 9.53. The predicted octanol–water partition coefficient (Wildman–Crippen LogP) is 1.33. The summed E-state index contributed by atoms with van der Waals surface area (Å²) in [5.41, 5.74) is 0. The zero-order valence-electron chi connectivity index (χ0n) is 11.7. The zero-order chi connectivity index (χ0) is 16.1. The Labute approximate surface area is 124 Å². The van der Waals surface area contributed by atoms with Gasteiger partial charge >= 0.3 is 0 Å². The molecule has 0 spiro atoms. The SMILES string of the molecule is CCCCCCNS(=O)(=O)c1ccc(S(N)(=O)=O)cc1F. The molecule has 1 rings (SSSR count). The molecule has 0 fully saturated rings. The highest BCUT2D eigenvalue weighted by Crippen LogP contribution is 2.18. The van der Waals surface area contributed by atoms with E-state index in [2.05, 4.69) is 4.72 Å². The van der Waals surface area contributed by atoms with Crippen molar-refractivity contribution in [3.05, 3.63) is 24.0 Å². The van der Waals surface area contributed by atoms with Crippen LogP contribution >= 0.6 is 0 Å². The van der Waals surface area contributed by atoms with Crippen molar-refractivity contribution in [3.63, 3.8) is 0 Å². The van der Waals surface area contributed by atoms with Crippen molar-refractivity contribution in [2.45, 2.75) is 42.4 Å². The fraction of sp³-hybridized carbons (Fsp3) is 0.500. The summed E-state index contributed by atoms with van der Waals surface area (Å²) in [5, 5.41) is 4.85. The molecule has 0 saturated heterocycles. The largest absolute Gasteiger partial charge is 0.243 e. The van der Waals surface area contributed by atoms with Crippen molar-refractivity contribution in [1.29, 1.82) is 0 Å². The summed E-state index contributed by atoms with van der Waals surface area (Å²) >= 11 is 0. The third-order valence-electron chi connectivity index (χ3n) is 2.84. The van der Waals surface area contributed by atoms with Crippen LogP contribution in [0, 0.1) is 5.82 Å². The Kier molecular flexibility index (Phi) is 6.26. The van der Waals surface area contributed by atoms with E-state index >= 15 is 0 Å². The number of benzene rings is 1. The van der Waals surface area contributed by atoms with E-state index in [1.165, 1.54) is 0 Å². The van der Waals surface area contributed by atoms with Gasteiger partial charge < -0.3 is 0 Å². The standard InChI is InChI=1S/C12H19FN2O4S2/c1-2-3-4-5-8-15-21(18,19)12-7-6-10(9-11(12)13)20(14,16)17/h6-7,9,15H,2-5,8H2,1H3,(H2,14,16,17). The smallest absolute Gasteiger partial charge is 0.225 e. The van der Waals surface area contributed by atoms with Crippen molar-refractivity contribution in [1.82, 2.24) is 4.72 Å². The van der Waals surface area contributed by atoms with E-state index in [-0.39, 0.29) is 6.54 Å². The van der Waals surface area contributed by atoms with Crippen LogP contribution in [0.25, 0.3) is 0 Å². The zero-order valence-corrected chi connectivity index (χ0v) is 13.3. The summed E-state index contributed by atoms with van der Waals surface area (Å²) in [6, 6.07) is 2.45. The van der Waals surface area contributed by atoms with Gasteiger partial charge in [0.25, 0.3) is 0 Å². The average molecular weight is 338 g/mol. The minimum absolute atomic E-state index is 0.207. The summed E-state index contributed by atoms with van der Waals surface area (Å²) in [7, 11) is -8.07. The number of hydrogen-bond acceptors (Lipinski definition) is 4. The van der Waals surface area contributed by atoms with E-state index in [0.717, 1.165) is 31.4 Å². The third kappa shape index (κ3) is 5.34. The van der Waals surface area contributed by atoms with E-state index in [4.69, 9.17) is 5.14 Å². The van der Waals surface area contributed by atoms with Gasteiger partial charge in [-0.3, -0.25) is 0 Å². The van der Waals surface area contributed by atoms with Gasteiger partial charge in [0.05, 0.1) is 4.90 Å². The third-order valence-corrected chi connectivity index (χ3v) is 5.25. The first kappa shape index (κ1) is 18.0. The fourth-order valence-corrected chi connectivity index (χ4v) is 3.37. The van der Waals surface area contributed by atoms with Crippen LogP contribution in [0.3, 0.4) is 0 Å². The van der Waals surface area contributed by atoms with Crippen LogP contribution in [-0.2, 0) is 20.0 Å². The quantitative estimate of drug-likeness (QED) is 0.697. The highest BCUT2D eigenvalue weighted by molar-refractivity contribution is 7.89. The van der Waals surface area contributed by atoms with Gasteiger partial charge in [-0.05, 0) is 24.6 Å². The normalized spacial score (nSPS) is 12.5. The summed E-state index contributed by atoms with van der Waals surface area (Å²) < 4.78 is 62.0. The number of rotatable bonds is 8. The number of primary sulfonamides is 1. The average Bonchev–Trinajstić information content (AvgIpc) is 2.37. The van der Waals surface area contributed by atoms with E-state index < -0.39 is 35.7 Å². The number of nitrogens with one attached hydrogen (secondary N) is 1. The molecule has 1 aromatic rings. The Bertz CT molecular complexity index is 687. The second kappa shape index (κ2) is 7.30. The molecule has 3 N–H and O–H groups in total. The molecule has 0 aliphatic rings. The lowest BCUT2D eigenvalue weighted by molar-refractivity contribution is 0.549. The second-order valence-electron chi connectivity index (χ2n) is 4.60. The summed E-state index contributed by atoms with van der Waals surface area (Å²) in [4.78, 5) is -1.06. The monoisotopic (exact) mass is 338 g/mol. The molecule has 0 aromatic heterocycles. The minimum atomic E-state index is -4.07. The molecule has 0 amide bonds. The van der Waals surface area contributed by atoms with Gasteiger partial charge in [0.15, 0.2) is 0 Å². The molecular weight excluding hydrogens is 319 g/mol. The maximum atomic E-state index is 13.8. The fourth-order valence-electron chi connectivity index (χ4n) is 1.71. The van der Waals surface area contributed by atoms with Crippen molar-refractivity contribution in [2.24, 2.45) is 5.14 Å². The number of hydrogen-bond donors (Lipinski definition) is 2. The molecule has 0 aliphatic carbocycles. The molecule has 120 valence electrons. The molecule has 6 nitrogen and oxygen atoms in total. The number of nitrogens with two attached hydrogens (primary N) is 1. The minimum Gasteiger partial charge on any atom is -0.225 e. The first-order chi connectivity index (χ1) is 9.68. The van der Waals surface area contributed by atoms with Gasteiger partial charge in [0.1, 0.15) is 10.7 Å². The molecule has 0 saturated carbocycles. The molecule has 0 atom stereocenters. The van der Waals surface area contributed by atoms with Gasteiger partial charge in [-0.1, -0.05) is 26.2 Å². The maximum absolute atomic E-state index is 13.8. The number of unbranched alkanes of at least 4 members (excludes halogenated alkanes) is 3. The van der Waals surface area contributed by atoms with Crippen molar-refractivity contribution in [3.8, 4) is 0 Å². The summed E-state index contributed by atoms with van der Waals surface area (Å²) in [6.07, 6.45) is 3.56. The van der Waals surface area contributed by atoms with Crippen LogP contribution in [0.2, 0.25) is 0 Å². The summed E-state index contributed by atoms with van der Waals surface area (Å²) in [6.45, 7) is 2.24. The molecule has 0 aliphatic heterocycles. The Morgan fingerprint density at radius 2 is 1.81 bits per heavy atom. The van der Waals surface area contributed by atoms with E-state index in [9.17, 15) is 21.2 Å². The highest BCUT2D eigenvalue weighted by atomic mass is 32.2. The predicted molar refractivity (Wildman–Crippen MR) is 77.1 cm³/mol. The lowest BCUT2D eigenvalue weighted by Crippen LogP contribution is -2.26. The van der Waals surface area contributed by atoms with Gasteiger partial charge in [-0.2, -0.15) is 0 Å². The van der Waals surface area contributed by atoms with E-state index in [0.29, 0.717) is 12.5 Å². The van der Waals surface area contributed by atoms with E-state index in [1.54, 1.807) is 0 Å². The van der Waals surface area contributed by atoms with Crippen LogP contribution in [0.4, 0.5) is 4.39 Å². The lowest BCUT2D eigenvalue weighted by atomic mass is 10.2. The number of halogens is 1. The Morgan fingerprint density at radius 1 is 1.14 bits per heavy atom. The molecule has 9 heteroatoms. The molecule has 1 aromatic carbocycles. The second-order valence-corrected chi connectivity index (χ2v) is 7.89. The highest BCUT2D eigenvalue weighted by Gasteiger charge is 2.20. The van der Waals surface area contributed by atoms with Gasteiger partial charge in [-0.15, -0.1) is 0 Å². The lowest BCUT2D eigenvalue weighted by Gasteiger charge is -2.08. The Hall–Kier alpha value is -1.03. The summed E-state index contributed by atoms with van der Waals surface area (Å²) in [5.74, 6) is -1.15. The molecule has 0 radical (unpaired) electrons. The molecular formula is C12H19FN2O4S2. The van der Waals surface area contributed by atoms with Crippen LogP contribution < -0.4 is 9.86 Å². The van der Waals surface area contributed by atoms with Crippen molar-refractivity contribution >= 4 is 20.0 Å². The molecule has 0 heterocycles. The molecule has 0 bridgehead atoms. The van der Waals surface area contributed by atoms with Gasteiger partial charge in [-0.25, -0.2) is 31.1 Å². The van der Waals surface area contributed by atoms with E-state index in [1.807, 2.05) is 6.92 Å². The van der Waals surface area contributed by atoms with Crippen LogP contribution in [0.15, 0.2) is 28.0 Å². The molecule has 0 unspecified atom stereocenters. The van der Waals surface area contributed by atoms with Gasteiger partial charge in [0, 0.05) is 6.54 Å². The van der Waals surface area contributed by atoms with Gasteiger partial charge in [0.2, 0.25) is 20.0 Å². The van der Waals surface area contributed by atoms with Crippen LogP contribution in [-0.4, -0.2) is 23.4 Å². The topological polar surface area (TPSA) is 106 Å². The molecule has 21 heavy (non-hydrogen) atoms. The Morgan fingerprint density at radius 3 is 2.33 bits per heavy atom. The van der Waals surface area contributed by atoms with Crippen molar-refractivity contribution < 1.29 is 21.2 Å². The Balaban J connectivity index is 2.85. The maximum Gasteiger partial charge on any atom is 0.243 e. The number of sulfonamides is 2. The van der Waals surface area contributed by atoms with Crippen molar-refractivity contribution in [2.75, 3.05) is 6.54 Å². The first-order valence-electron chi connectivity index (χ1n) is 6.50. The van der Waals surface area contributed by atoms with Crippen LogP contribution in [0.1, 0.15) is 32.6 Å².